The summed E-state index contributed by atoms with van der Waals surface area (Å²) in [5.74, 6) is -0.0840. The molecule has 2 N–H and O–H groups in total. The van der Waals surface area contributed by atoms with Crippen molar-refractivity contribution in [3.8, 4) is 0 Å². The number of anilines is 1. The number of allylic oxidation sites excluding steroid dienone is 1. The molecule has 0 fully saturated rings. The van der Waals surface area contributed by atoms with E-state index in [0.29, 0.717) is 5.82 Å². The van der Waals surface area contributed by atoms with Gasteiger partial charge < -0.3 is 10.4 Å². The van der Waals surface area contributed by atoms with Crippen molar-refractivity contribution < 1.29 is 9.90 Å². The fraction of sp³-hybridized carbons (Fsp3) is 0.429. The van der Waals surface area contributed by atoms with Crippen LogP contribution in [0, 0.1) is 0 Å². The first-order valence-electron chi connectivity index (χ1n) is 6.15. The van der Waals surface area contributed by atoms with Gasteiger partial charge in [-0.3, -0.25) is 0 Å². The number of aromatic nitrogens is 1. The zero-order valence-corrected chi connectivity index (χ0v) is 11.1. The molecule has 0 spiro atoms. The molecule has 0 aliphatic carbocycles. The third-order valence-corrected chi connectivity index (χ3v) is 2.54. The maximum atomic E-state index is 11.0. The molecule has 0 saturated heterocycles. The Kier molecular flexibility index (Phi) is 5.36. The van der Waals surface area contributed by atoms with Crippen LogP contribution >= 0.6 is 0 Å². The quantitative estimate of drug-likeness (QED) is 0.599. The number of hydrogen-bond acceptors (Lipinski definition) is 3. The fourth-order valence-corrected chi connectivity index (χ4v) is 1.51. The Morgan fingerprint density at radius 3 is 2.78 bits per heavy atom. The van der Waals surface area contributed by atoms with Crippen LogP contribution in [0.1, 0.15) is 49.2 Å². The summed E-state index contributed by atoms with van der Waals surface area (Å²) in [4.78, 5) is 15.5. The van der Waals surface area contributed by atoms with Crippen molar-refractivity contribution in [3.05, 3.63) is 35.5 Å². The smallest absolute Gasteiger partial charge is 0.335 e. The molecule has 0 aliphatic rings. The van der Waals surface area contributed by atoms with Gasteiger partial charge in [-0.25, -0.2) is 9.78 Å². The van der Waals surface area contributed by atoms with Gasteiger partial charge in [0.05, 0.1) is 5.56 Å². The molecule has 4 nitrogen and oxygen atoms in total. The lowest BCUT2D eigenvalue weighted by molar-refractivity contribution is 0.0696. The average molecular weight is 248 g/mol. The second-order valence-electron chi connectivity index (χ2n) is 4.41. The lowest BCUT2D eigenvalue weighted by Crippen LogP contribution is -2.08. The van der Waals surface area contributed by atoms with Crippen molar-refractivity contribution in [2.24, 2.45) is 0 Å². The number of hydrogen-bond donors (Lipinski definition) is 2. The molecule has 0 bridgehead atoms. The van der Waals surface area contributed by atoms with Crippen LogP contribution < -0.4 is 5.32 Å². The van der Waals surface area contributed by atoms with Gasteiger partial charge in [0.15, 0.2) is 0 Å². The summed E-state index contributed by atoms with van der Waals surface area (Å²) < 4.78 is 0. The van der Waals surface area contributed by atoms with Crippen molar-refractivity contribution in [2.45, 2.75) is 33.1 Å². The average Bonchev–Trinajstić information content (AvgIpc) is 2.34. The van der Waals surface area contributed by atoms with E-state index in [1.807, 2.05) is 26.8 Å². The highest BCUT2D eigenvalue weighted by atomic mass is 16.4. The molecule has 4 heteroatoms. The lowest BCUT2D eigenvalue weighted by Gasteiger charge is -2.10. The highest BCUT2D eigenvalue weighted by Gasteiger charge is 2.10. The number of carboxylic acids is 1. The van der Waals surface area contributed by atoms with Crippen LogP contribution in [0.3, 0.4) is 0 Å². The zero-order chi connectivity index (χ0) is 13.5. The van der Waals surface area contributed by atoms with E-state index < -0.39 is 5.97 Å². The minimum absolute atomic E-state index is 0.209. The van der Waals surface area contributed by atoms with E-state index in [1.54, 1.807) is 12.1 Å². The molecule has 0 radical (unpaired) electrons. The number of carbonyl (C=O) groups is 1. The summed E-state index contributed by atoms with van der Waals surface area (Å²) in [5.41, 5.74) is 1.07. The third kappa shape index (κ3) is 4.20. The van der Waals surface area contributed by atoms with Crippen LogP contribution in [-0.4, -0.2) is 22.6 Å². The molecule has 0 atom stereocenters. The number of nitrogens with zero attached hydrogens (tertiary/aromatic N) is 1. The van der Waals surface area contributed by atoms with Crippen molar-refractivity contribution >= 4 is 11.8 Å². The van der Waals surface area contributed by atoms with Gasteiger partial charge in [0.2, 0.25) is 0 Å². The van der Waals surface area contributed by atoms with E-state index in [9.17, 15) is 4.79 Å². The highest BCUT2D eigenvalue weighted by Crippen LogP contribution is 2.17. The van der Waals surface area contributed by atoms with Gasteiger partial charge in [-0.1, -0.05) is 26.0 Å². The first-order chi connectivity index (χ1) is 8.54. The van der Waals surface area contributed by atoms with E-state index in [-0.39, 0.29) is 11.5 Å². The maximum Gasteiger partial charge on any atom is 0.335 e. The molecule has 0 unspecified atom stereocenters. The van der Waals surface area contributed by atoms with Crippen LogP contribution in [0.2, 0.25) is 0 Å². The summed E-state index contributed by atoms with van der Waals surface area (Å²) in [7, 11) is 0. The number of rotatable bonds is 6. The van der Waals surface area contributed by atoms with Gasteiger partial charge >= 0.3 is 5.97 Å². The topological polar surface area (TPSA) is 62.2 Å². The van der Waals surface area contributed by atoms with Gasteiger partial charge in [-0.15, -0.1) is 0 Å². The van der Waals surface area contributed by atoms with Gasteiger partial charge in [-0.05, 0) is 31.4 Å². The SMILES string of the molecule is C/C=C/CCNc1cc(C(=O)O)cc(C(C)C)n1. The van der Waals surface area contributed by atoms with Gasteiger partial charge in [0, 0.05) is 12.2 Å². The first kappa shape index (κ1) is 14.2. The van der Waals surface area contributed by atoms with E-state index in [4.69, 9.17) is 5.11 Å². The largest absolute Gasteiger partial charge is 0.478 e. The van der Waals surface area contributed by atoms with E-state index in [1.165, 1.54) is 0 Å². The summed E-state index contributed by atoms with van der Waals surface area (Å²) in [6, 6.07) is 3.20. The highest BCUT2D eigenvalue weighted by molar-refractivity contribution is 5.88. The molecule has 0 amide bonds. The molecule has 18 heavy (non-hydrogen) atoms. The van der Waals surface area contributed by atoms with Crippen molar-refractivity contribution in [3.63, 3.8) is 0 Å². The molecule has 0 aliphatic heterocycles. The lowest BCUT2D eigenvalue weighted by atomic mass is 10.1. The second kappa shape index (κ2) is 6.79. The number of aromatic carboxylic acids is 1. The van der Waals surface area contributed by atoms with Crippen molar-refractivity contribution in [1.29, 1.82) is 0 Å². The number of pyridine rings is 1. The predicted octanol–water partition coefficient (Wildman–Crippen LogP) is 3.28. The van der Waals surface area contributed by atoms with Crippen LogP contribution in [0.4, 0.5) is 5.82 Å². The summed E-state index contributed by atoms with van der Waals surface area (Å²) in [6.45, 7) is 6.72. The van der Waals surface area contributed by atoms with E-state index in [0.717, 1.165) is 18.7 Å². The zero-order valence-electron chi connectivity index (χ0n) is 11.1. The molecule has 1 heterocycles. The third-order valence-electron chi connectivity index (χ3n) is 2.54. The Morgan fingerprint density at radius 2 is 2.22 bits per heavy atom. The molecular weight excluding hydrogens is 228 g/mol. The van der Waals surface area contributed by atoms with Crippen LogP contribution in [0.15, 0.2) is 24.3 Å². The molecule has 1 rings (SSSR count). The molecule has 0 aromatic carbocycles. The Bertz CT molecular complexity index is 439. The Balaban J connectivity index is 2.86. The summed E-state index contributed by atoms with van der Waals surface area (Å²) in [6.07, 6.45) is 4.94. The van der Waals surface area contributed by atoms with Crippen LogP contribution in [0.25, 0.3) is 0 Å². The summed E-state index contributed by atoms with van der Waals surface area (Å²) in [5, 5.41) is 12.2. The number of nitrogens with one attached hydrogen (secondary N) is 1. The normalized spacial score (nSPS) is 11.1. The standard InChI is InChI=1S/C14H20N2O2/c1-4-5-6-7-15-13-9-11(14(17)18)8-12(16-13)10(2)3/h4-5,8-10H,6-7H2,1-3H3,(H,15,16)(H,17,18)/b5-4+. The van der Waals surface area contributed by atoms with Gasteiger partial charge in [-0.2, -0.15) is 0 Å². The fourth-order valence-electron chi connectivity index (χ4n) is 1.51. The van der Waals surface area contributed by atoms with Crippen molar-refractivity contribution in [1.82, 2.24) is 4.98 Å². The second-order valence-corrected chi connectivity index (χ2v) is 4.41. The monoisotopic (exact) mass is 248 g/mol. The van der Waals surface area contributed by atoms with E-state index >= 15 is 0 Å². The van der Waals surface area contributed by atoms with Crippen molar-refractivity contribution in [2.75, 3.05) is 11.9 Å². The molecule has 98 valence electrons. The minimum atomic E-state index is -0.921. The van der Waals surface area contributed by atoms with Gasteiger partial charge in [0.25, 0.3) is 0 Å². The van der Waals surface area contributed by atoms with E-state index in [2.05, 4.69) is 16.4 Å². The van der Waals surface area contributed by atoms with Crippen LogP contribution in [-0.2, 0) is 0 Å². The molecule has 1 aromatic heterocycles. The number of carboxylic acid groups (broad SMARTS) is 1. The molecular formula is C14H20N2O2. The Labute approximate surface area is 108 Å². The predicted molar refractivity (Wildman–Crippen MR) is 73.2 cm³/mol. The Hall–Kier alpha value is -1.84. The first-order valence-corrected chi connectivity index (χ1v) is 6.15. The van der Waals surface area contributed by atoms with Crippen LogP contribution in [0.5, 0.6) is 0 Å². The molecule has 1 aromatic rings. The minimum Gasteiger partial charge on any atom is -0.478 e. The summed E-state index contributed by atoms with van der Waals surface area (Å²) >= 11 is 0. The van der Waals surface area contributed by atoms with Gasteiger partial charge in [0.1, 0.15) is 5.82 Å². The molecule has 0 saturated carbocycles. The Morgan fingerprint density at radius 1 is 1.50 bits per heavy atom. The maximum absolute atomic E-state index is 11.0.